The minimum absolute atomic E-state index is 0.0408. The number of phenolic OH excluding ortho intramolecular Hbond substituents is 1. The van der Waals surface area contributed by atoms with Crippen LogP contribution in [0.1, 0.15) is 103 Å². The Kier molecular flexibility index (Phi) is 25.2. The topological polar surface area (TPSA) is 423 Å². The van der Waals surface area contributed by atoms with Gasteiger partial charge in [0.15, 0.2) is 5.96 Å². The number of phenols is 1. The van der Waals surface area contributed by atoms with Gasteiger partial charge in [-0.2, -0.15) is 0 Å². The SMILES string of the molecule is CCNC(=O)[C@H]1CCCN1C(=O)[C@H](CCCN=C(N)N)NC(=O)[C@H](CC(C)C)NC(=O)[C@@H](CC(C)C)NC(=O)[C@H](Cc1ccc(O)cc1)NC(=O)[C@H](CO)N(C)C(=O)[C@H](Cc1c[nH]c2ccccc12)NC(=O)[C@H](Cc1cnc[nH]1)NC(=O)[C@@H]1CCC(=O)N1. The summed E-state index contributed by atoms with van der Waals surface area (Å²) >= 11 is 0. The lowest BCUT2D eigenvalue weighted by atomic mass is 9.98. The van der Waals surface area contributed by atoms with Gasteiger partial charge in [0.25, 0.3) is 0 Å². The van der Waals surface area contributed by atoms with Gasteiger partial charge in [-0.05, 0) is 93.0 Å². The number of carbonyl (C=O) groups is 10. The van der Waals surface area contributed by atoms with Crippen LogP contribution in [-0.4, -0.2) is 188 Å². The lowest BCUT2D eigenvalue weighted by Crippen LogP contribution is -2.61. The van der Waals surface area contributed by atoms with Crippen molar-refractivity contribution in [2.45, 2.75) is 160 Å². The maximum atomic E-state index is 15.0. The standard InChI is InChI=1S/C60H86N16O12/c1-7-64-56(85)48-15-11-23-76(48)59(88)42(14-10-22-65-60(61)62)69-52(81)43(24-33(2)3)70-53(82)44(25-34(4)5)71-54(83)45(26-35-16-18-38(78)19-17-35)73-57(86)49(31-77)75(6)58(87)47(27-36-29-66-40-13-9-8-12-39(36)40)74-55(84)46(28-37-30-63-32-67-37)72-51(80)41-20-21-50(79)68-41/h8-9,12-13,16-19,29-30,32-34,41-49,66,77-78H,7,10-11,14-15,20-28,31H2,1-6H3,(H,63,67)(H,64,85)(H,68,79)(H,69,81)(H,70,82)(H,71,83)(H,72,80)(H,73,86)(H,74,84)(H4,61,62,65)/t41-,42-,43-,44+,45-,46-,47-,48+,49-/m0/s1. The van der Waals surface area contributed by atoms with Gasteiger partial charge in [0.1, 0.15) is 60.1 Å². The molecule has 16 N–H and O–H groups in total. The van der Waals surface area contributed by atoms with E-state index in [1.54, 1.807) is 19.2 Å². The molecule has 28 heteroatoms. The Morgan fingerprint density at radius 3 is 1.95 bits per heavy atom. The van der Waals surface area contributed by atoms with Gasteiger partial charge in [0, 0.05) is 81.4 Å². The number of hydrogen-bond acceptors (Lipinski definition) is 14. The fourth-order valence-electron chi connectivity index (χ4n) is 10.8. The van der Waals surface area contributed by atoms with Crippen LogP contribution in [0, 0.1) is 11.8 Å². The largest absolute Gasteiger partial charge is 0.508 e. The number of aliphatic hydroxyl groups excluding tert-OH is 1. The average molecular weight is 1220 g/mol. The highest BCUT2D eigenvalue weighted by atomic mass is 16.3. The molecule has 9 atom stereocenters. The van der Waals surface area contributed by atoms with E-state index in [4.69, 9.17) is 11.5 Å². The lowest BCUT2D eigenvalue weighted by Gasteiger charge is -2.32. The van der Waals surface area contributed by atoms with Crippen LogP contribution in [0.25, 0.3) is 10.9 Å². The first kappa shape index (κ1) is 68.0. The zero-order chi connectivity index (χ0) is 64.2. The minimum atomic E-state index is -1.70. The molecule has 0 bridgehead atoms. The number of rotatable bonds is 32. The molecular weight excluding hydrogens is 1140 g/mol. The van der Waals surface area contributed by atoms with E-state index in [0.29, 0.717) is 36.2 Å². The molecule has 0 radical (unpaired) electrons. The number of para-hydroxylation sites is 1. The number of benzene rings is 2. The predicted molar refractivity (Wildman–Crippen MR) is 325 cm³/mol. The van der Waals surface area contributed by atoms with Gasteiger partial charge in [-0.25, -0.2) is 4.98 Å². The highest BCUT2D eigenvalue weighted by molar-refractivity contribution is 5.99. The van der Waals surface area contributed by atoms with E-state index in [-0.39, 0.29) is 106 Å². The Balaban J connectivity index is 1.24. The molecule has 2 saturated heterocycles. The van der Waals surface area contributed by atoms with Gasteiger partial charge in [0.05, 0.1) is 12.9 Å². The summed E-state index contributed by atoms with van der Waals surface area (Å²) in [6.07, 6.45) is 5.85. The van der Waals surface area contributed by atoms with Crippen molar-refractivity contribution in [1.29, 1.82) is 0 Å². The molecule has 4 aromatic rings. The monoisotopic (exact) mass is 1220 g/mol. The van der Waals surface area contributed by atoms with Crippen LogP contribution >= 0.6 is 0 Å². The molecule has 0 spiro atoms. The minimum Gasteiger partial charge on any atom is -0.508 e. The number of fused-ring (bicyclic) bond motifs is 1. The van der Waals surface area contributed by atoms with Crippen molar-refractivity contribution in [3.05, 3.63) is 84.1 Å². The zero-order valence-electron chi connectivity index (χ0n) is 50.7. The third-order valence-electron chi connectivity index (χ3n) is 15.4. The Bertz CT molecular complexity index is 3090. The molecule has 478 valence electrons. The summed E-state index contributed by atoms with van der Waals surface area (Å²) in [5.74, 6) is -7.40. The van der Waals surface area contributed by atoms with Crippen molar-refractivity contribution in [2.75, 3.05) is 33.3 Å². The smallest absolute Gasteiger partial charge is 0.245 e. The van der Waals surface area contributed by atoms with E-state index < -0.39 is 108 Å². The van der Waals surface area contributed by atoms with E-state index in [9.17, 15) is 58.2 Å². The Hall–Kier alpha value is -9.08. The number of amides is 10. The van der Waals surface area contributed by atoms with Crippen LogP contribution in [0.3, 0.4) is 0 Å². The molecule has 2 aromatic carbocycles. The normalized spacial score (nSPS) is 17.1. The van der Waals surface area contributed by atoms with E-state index >= 15 is 0 Å². The van der Waals surface area contributed by atoms with Crippen molar-refractivity contribution < 1.29 is 58.2 Å². The van der Waals surface area contributed by atoms with Gasteiger partial charge in [-0.15, -0.1) is 0 Å². The molecule has 6 rings (SSSR count). The molecule has 2 aromatic heterocycles. The number of aromatic amines is 2. The fraction of sp³-hybridized carbons (Fsp3) is 0.533. The number of aliphatic imine (C=N–C) groups is 1. The number of likely N-dealkylation sites (tertiary alicyclic amines) is 1. The first-order valence-electron chi connectivity index (χ1n) is 29.9. The van der Waals surface area contributed by atoms with Crippen molar-refractivity contribution in [3.8, 4) is 5.75 Å². The molecule has 10 amide bonds. The number of imidazole rings is 1. The van der Waals surface area contributed by atoms with Gasteiger partial charge in [0.2, 0.25) is 59.1 Å². The number of aliphatic hydroxyl groups is 1. The fourth-order valence-corrected chi connectivity index (χ4v) is 10.8. The van der Waals surface area contributed by atoms with Crippen LogP contribution in [0.2, 0.25) is 0 Å². The maximum absolute atomic E-state index is 15.0. The summed E-state index contributed by atoms with van der Waals surface area (Å²) in [4.78, 5) is 157. The summed E-state index contributed by atoms with van der Waals surface area (Å²) in [5.41, 5.74) is 13.3. The Labute approximate surface area is 510 Å². The quantitative estimate of drug-likeness (QED) is 0.0157. The number of guanidine groups is 1. The second-order valence-corrected chi connectivity index (χ2v) is 23.2. The van der Waals surface area contributed by atoms with Crippen molar-refractivity contribution >= 4 is 75.9 Å². The number of likely N-dealkylation sites (N-methyl/N-ethyl adjacent to an activating group) is 2. The van der Waals surface area contributed by atoms with E-state index in [0.717, 1.165) is 15.8 Å². The van der Waals surface area contributed by atoms with Crippen molar-refractivity contribution in [2.24, 2.45) is 28.3 Å². The van der Waals surface area contributed by atoms with Crippen LogP contribution in [0.15, 0.2) is 72.2 Å². The number of nitrogens with two attached hydrogens (primary N) is 2. The molecule has 88 heavy (non-hydrogen) atoms. The molecule has 28 nitrogen and oxygen atoms in total. The second-order valence-electron chi connectivity index (χ2n) is 23.2. The van der Waals surface area contributed by atoms with E-state index in [1.807, 2.05) is 45.9 Å². The summed E-state index contributed by atoms with van der Waals surface area (Å²) in [7, 11) is 1.24. The highest BCUT2D eigenvalue weighted by Crippen LogP contribution is 2.23. The van der Waals surface area contributed by atoms with Crippen molar-refractivity contribution in [1.82, 2.24) is 67.3 Å². The molecule has 4 heterocycles. The summed E-state index contributed by atoms with van der Waals surface area (Å²) in [6, 6.07) is 1.71. The van der Waals surface area contributed by atoms with Gasteiger partial charge >= 0.3 is 0 Å². The Morgan fingerprint density at radius 2 is 1.36 bits per heavy atom. The number of hydrogen-bond donors (Lipinski definition) is 14. The van der Waals surface area contributed by atoms with Crippen LogP contribution in [-0.2, 0) is 67.2 Å². The molecule has 0 saturated carbocycles. The maximum Gasteiger partial charge on any atom is 0.245 e. The average Bonchev–Trinajstić information content (AvgIpc) is 3.55. The Morgan fingerprint density at radius 1 is 0.750 bits per heavy atom. The van der Waals surface area contributed by atoms with E-state index in [1.165, 1.54) is 48.7 Å². The van der Waals surface area contributed by atoms with E-state index in [2.05, 4.69) is 62.5 Å². The molecule has 2 fully saturated rings. The van der Waals surface area contributed by atoms with Crippen LogP contribution in [0.5, 0.6) is 5.75 Å². The van der Waals surface area contributed by atoms with Crippen molar-refractivity contribution in [3.63, 3.8) is 0 Å². The molecule has 0 aliphatic carbocycles. The van der Waals surface area contributed by atoms with Crippen LogP contribution < -0.4 is 54.0 Å². The number of aromatic nitrogens is 3. The third kappa shape index (κ3) is 19.5. The highest BCUT2D eigenvalue weighted by Gasteiger charge is 2.41. The first-order chi connectivity index (χ1) is 42.0. The third-order valence-corrected chi connectivity index (χ3v) is 15.4. The van der Waals surface area contributed by atoms with Gasteiger partial charge < -0.3 is 84.0 Å². The number of carbonyl (C=O) groups excluding carboxylic acids is 10. The number of H-pyrrole nitrogens is 2. The number of nitrogens with zero attached hydrogens (tertiary/aromatic N) is 4. The molecular formula is C60H86N16O12. The first-order valence-corrected chi connectivity index (χ1v) is 29.9. The zero-order valence-corrected chi connectivity index (χ0v) is 50.7. The molecule has 2 aliphatic rings. The van der Waals surface area contributed by atoms with Crippen LogP contribution in [0.4, 0.5) is 0 Å². The summed E-state index contributed by atoms with van der Waals surface area (Å²) < 4.78 is 0. The van der Waals surface area contributed by atoms with Gasteiger partial charge in [-0.3, -0.25) is 52.9 Å². The number of aromatic hydroxyl groups is 1. The summed E-state index contributed by atoms with van der Waals surface area (Å²) in [6.45, 7) is 8.86. The molecule has 2 aliphatic heterocycles. The predicted octanol–water partition coefficient (Wildman–Crippen LogP) is -1.10. The second kappa shape index (κ2) is 32.6. The molecule has 0 unspecified atom stereocenters. The number of nitrogens with one attached hydrogen (secondary N) is 10. The van der Waals surface area contributed by atoms with Gasteiger partial charge in [-0.1, -0.05) is 58.0 Å². The summed E-state index contributed by atoms with van der Waals surface area (Å²) in [5, 5.41) is 43.8. The lowest BCUT2D eigenvalue weighted by molar-refractivity contribution is -0.144.